The first-order valence-corrected chi connectivity index (χ1v) is 7.84. The lowest BCUT2D eigenvalue weighted by Gasteiger charge is -2.11. The molecule has 6 heteroatoms. The summed E-state index contributed by atoms with van der Waals surface area (Å²) in [6, 6.07) is 7.06. The van der Waals surface area contributed by atoms with Gasteiger partial charge in [-0.15, -0.1) is 12.4 Å². The molecule has 1 aromatic rings. The maximum Gasteiger partial charge on any atom is 0.240 e. The van der Waals surface area contributed by atoms with E-state index < -0.39 is 10.0 Å². The largest absolute Gasteiger partial charge is 0.316 e. The predicted molar refractivity (Wildman–Crippen MR) is 79.2 cm³/mol. The number of rotatable bonds is 5. The van der Waals surface area contributed by atoms with E-state index in [1.165, 1.54) is 0 Å². The molecule has 1 aliphatic rings. The van der Waals surface area contributed by atoms with Gasteiger partial charge in [0.2, 0.25) is 10.0 Å². The van der Waals surface area contributed by atoms with Crippen molar-refractivity contribution in [3.8, 4) is 0 Å². The zero-order valence-electron chi connectivity index (χ0n) is 11.1. The van der Waals surface area contributed by atoms with Crippen LogP contribution in [-0.2, 0) is 10.0 Å². The molecule has 0 amide bonds. The number of sulfonamides is 1. The Morgan fingerprint density at radius 1 is 1.37 bits per heavy atom. The van der Waals surface area contributed by atoms with Crippen LogP contribution in [0.4, 0.5) is 0 Å². The summed E-state index contributed by atoms with van der Waals surface area (Å²) in [6.45, 7) is 4.39. The van der Waals surface area contributed by atoms with E-state index in [1.807, 2.05) is 19.1 Å². The second-order valence-electron chi connectivity index (χ2n) is 4.81. The number of benzene rings is 1. The van der Waals surface area contributed by atoms with Crippen molar-refractivity contribution in [2.24, 2.45) is 5.92 Å². The van der Waals surface area contributed by atoms with Crippen molar-refractivity contribution in [1.82, 2.24) is 10.0 Å². The maximum atomic E-state index is 12.1. The predicted octanol–water partition coefficient (Wildman–Crippen LogP) is 1.69. The van der Waals surface area contributed by atoms with Crippen molar-refractivity contribution in [1.29, 1.82) is 0 Å². The molecule has 4 nitrogen and oxygen atoms in total. The average molecular weight is 305 g/mol. The van der Waals surface area contributed by atoms with Crippen LogP contribution in [0.3, 0.4) is 0 Å². The topological polar surface area (TPSA) is 58.2 Å². The minimum absolute atomic E-state index is 0. The van der Waals surface area contributed by atoms with Gasteiger partial charge in [0.1, 0.15) is 0 Å². The minimum atomic E-state index is -3.35. The number of hydrogen-bond acceptors (Lipinski definition) is 3. The van der Waals surface area contributed by atoms with Crippen LogP contribution < -0.4 is 10.0 Å². The monoisotopic (exact) mass is 304 g/mol. The molecule has 0 spiro atoms. The Hall–Kier alpha value is -0.620. The molecular weight excluding hydrogens is 284 g/mol. The van der Waals surface area contributed by atoms with Crippen LogP contribution in [0.1, 0.15) is 18.4 Å². The highest BCUT2D eigenvalue weighted by Gasteiger charge is 2.18. The molecule has 0 bridgehead atoms. The molecule has 1 aromatic carbocycles. The Morgan fingerprint density at radius 2 is 2.11 bits per heavy atom. The minimum Gasteiger partial charge on any atom is -0.316 e. The number of hydrogen-bond donors (Lipinski definition) is 2. The van der Waals surface area contributed by atoms with Gasteiger partial charge < -0.3 is 5.32 Å². The summed E-state index contributed by atoms with van der Waals surface area (Å²) in [5, 5.41) is 3.28. The van der Waals surface area contributed by atoms with Gasteiger partial charge in [0.25, 0.3) is 0 Å². The second kappa shape index (κ2) is 7.24. The van der Waals surface area contributed by atoms with Crippen LogP contribution in [0.2, 0.25) is 0 Å². The zero-order chi connectivity index (χ0) is 13.0. The molecule has 1 fully saturated rings. The molecule has 1 saturated heterocycles. The molecule has 2 N–H and O–H groups in total. The second-order valence-corrected chi connectivity index (χ2v) is 6.55. The van der Waals surface area contributed by atoms with E-state index in [9.17, 15) is 8.42 Å². The van der Waals surface area contributed by atoms with Crippen LogP contribution >= 0.6 is 12.4 Å². The van der Waals surface area contributed by atoms with Crippen molar-refractivity contribution in [3.05, 3.63) is 29.8 Å². The van der Waals surface area contributed by atoms with Gasteiger partial charge in [0.15, 0.2) is 0 Å². The lowest BCUT2D eigenvalue weighted by Crippen LogP contribution is -2.27. The van der Waals surface area contributed by atoms with Crippen molar-refractivity contribution in [2.45, 2.75) is 24.7 Å². The fourth-order valence-electron chi connectivity index (χ4n) is 2.29. The summed E-state index contributed by atoms with van der Waals surface area (Å²) in [7, 11) is -3.35. The summed E-state index contributed by atoms with van der Waals surface area (Å²) in [4.78, 5) is 0.384. The molecule has 1 atom stereocenters. The quantitative estimate of drug-likeness (QED) is 0.870. The van der Waals surface area contributed by atoms with E-state index in [-0.39, 0.29) is 12.4 Å². The Bertz CT molecular complexity index is 499. The fraction of sp³-hybridized carbons (Fsp3) is 0.538. The van der Waals surface area contributed by atoms with E-state index in [0.29, 0.717) is 17.4 Å². The highest BCUT2D eigenvalue weighted by molar-refractivity contribution is 7.89. The smallest absolute Gasteiger partial charge is 0.240 e. The Kier molecular flexibility index (Phi) is 6.26. The maximum absolute atomic E-state index is 12.1. The molecule has 19 heavy (non-hydrogen) atoms. The summed E-state index contributed by atoms with van der Waals surface area (Å²) >= 11 is 0. The van der Waals surface area contributed by atoms with E-state index in [2.05, 4.69) is 10.0 Å². The SMILES string of the molecule is Cc1ccccc1S(=O)(=O)NCCC1CCNC1.Cl. The number of aryl methyl sites for hydroxylation is 1. The third kappa shape index (κ3) is 4.45. The number of nitrogens with one attached hydrogen (secondary N) is 2. The van der Waals surface area contributed by atoms with Gasteiger partial charge in [0.05, 0.1) is 4.90 Å². The lowest BCUT2D eigenvalue weighted by molar-refractivity contribution is 0.519. The van der Waals surface area contributed by atoms with Crippen LogP contribution in [0.15, 0.2) is 29.2 Å². The van der Waals surface area contributed by atoms with Gasteiger partial charge in [-0.3, -0.25) is 0 Å². The summed E-state index contributed by atoms with van der Waals surface area (Å²) in [5.41, 5.74) is 0.785. The first-order chi connectivity index (χ1) is 8.59. The normalized spacial score (nSPS) is 19.1. The highest BCUT2D eigenvalue weighted by atomic mass is 35.5. The zero-order valence-corrected chi connectivity index (χ0v) is 12.7. The van der Waals surface area contributed by atoms with Gasteiger partial charge in [-0.2, -0.15) is 0 Å². The molecule has 108 valence electrons. The van der Waals surface area contributed by atoms with Gasteiger partial charge in [-0.05, 0) is 50.4 Å². The molecule has 2 rings (SSSR count). The van der Waals surface area contributed by atoms with Crippen LogP contribution in [-0.4, -0.2) is 28.1 Å². The van der Waals surface area contributed by atoms with E-state index in [0.717, 1.165) is 31.5 Å². The van der Waals surface area contributed by atoms with Crippen LogP contribution in [0.5, 0.6) is 0 Å². The van der Waals surface area contributed by atoms with E-state index in [1.54, 1.807) is 12.1 Å². The standard InChI is InChI=1S/C13H20N2O2S.ClH/c1-11-4-2-3-5-13(11)18(16,17)15-9-7-12-6-8-14-10-12;/h2-5,12,14-15H,6-10H2,1H3;1H. The molecule has 0 saturated carbocycles. The third-order valence-electron chi connectivity index (χ3n) is 3.39. The lowest BCUT2D eigenvalue weighted by atomic mass is 10.1. The molecule has 0 aliphatic carbocycles. The number of halogens is 1. The molecule has 1 aliphatic heterocycles. The Balaban J connectivity index is 0.00000180. The van der Waals surface area contributed by atoms with E-state index >= 15 is 0 Å². The highest BCUT2D eigenvalue weighted by Crippen LogP contribution is 2.15. The van der Waals surface area contributed by atoms with Crippen molar-refractivity contribution < 1.29 is 8.42 Å². The van der Waals surface area contributed by atoms with Crippen molar-refractivity contribution >= 4 is 22.4 Å². The van der Waals surface area contributed by atoms with Crippen LogP contribution in [0, 0.1) is 12.8 Å². The molecular formula is C13H21ClN2O2S. The first kappa shape index (κ1) is 16.4. The fourth-order valence-corrected chi connectivity index (χ4v) is 3.59. The van der Waals surface area contributed by atoms with Gasteiger partial charge in [-0.1, -0.05) is 18.2 Å². The molecule has 1 heterocycles. The van der Waals surface area contributed by atoms with Crippen molar-refractivity contribution in [3.63, 3.8) is 0 Å². The molecule has 0 radical (unpaired) electrons. The Morgan fingerprint density at radius 3 is 2.74 bits per heavy atom. The summed E-state index contributed by atoms with van der Waals surface area (Å²) < 4.78 is 26.9. The van der Waals surface area contributed by atoms with Crippen LogP contribution in [0.25, 0.3) is 0 Å². The summed E-state index contributed by atoms with van der Waals surface area (Å²) in [6.07, 6.45) is 2.05. The van der Waals surface area contributed by atoms with E-state index in [4.69, 9.17) is 0 Å². The first-order valence-electron chi connectivity index (χ1n) is 6.35. The van der Waals surface area contributed by atoms with Gasteiger partial charge >= 0.3 is 0 Å². The van der Waals surface area contributed by atoms with Crippen molar-refractivity contribution in [2.75, 3.05) is 19.6 Å². The summed E-state index contributed by atoms with van der Waals surface area (Å²) in [5.74, 6) is 0.601. The molecule has 1 unspecified atom stereocenters. The average Bonchev–Trinajstić information content (AvgIpc) is 2.82. The van der Waals surface area contributed by atoms with Gasteiger partial charge in [-0.25, -0.2) is 13.1 Å². The third-order valence-corrected chi connectivity index (χ3v) is 5.01. The Labute approximate surface area is 121 Å². The molecule has 0 aromatic heterocycles. The van der Waals surface area contributed by atoms with Gasteiger partial charge in [0, 0.05) is 6.54 Å².